The molecule has 0 N–H and O–H groups in total. The van der Waals surface area contributed by atoms with E-state index in [9.17, 15) is 18.0 Å². The first-order valence-corrected chi connectivity index (χ1v) is 12.5. The van der Waals surface area contributed by atoms with Crippen molar-refractivity contribution < 1.29 is 27.1 Å². The van der Waals surface area contributed by atoms with E-state index in [1.165, 1.54) is 36.2 Å². The van der Waals surface area contributed by atoms with Gasteiger partial charge >= 0.3 is 6.18 Å². The minimum atomic E-state index is -4.42. The van der Waals surface area contributed by atoms with Crippen LogP contribution >= 0.6 is 23.2 Å². The van der Waals surface area contributed by atoms with Crippen LogP contribution in [0.1, 0.15) is 23.0 Å². The Labute approximate surface area is 230 Å². The van der Waals surface area contributed by atoms with Crippen molar-refractivity contribution in [3.05, 3.63) is 87.7 Å². The highest BCUT2D eigenvalue weighted by molar-refractivity contribution is 6.31. The summed E-state index contributed by atoms with van der Waals surface area (Å²) >= 11 is 12.1. The highest BCUT2D eigenvalue weighted by Gasteiger charge is 2.37. The lowest BCUT2D eigenvalue weighted by atomic mass is 9.95. The van der Waals surface area contributed by atoms with Gasteiger partial charge in [-0.1, -0.05) is 35.3 Å². The van der Waals surface area contributed by atoms with Gasteiger partial charge in [0, 0.05) is 36.8 Å². The Morgan fingerprint density at radius 3 is 2.67 bits per heavy atom. The Bertz CT molecular complexity index is 1540. The number of ether oxygens (including phenoxy) is 1. The third-order valence-corrected chi connectivity index (χ3v) is 6.85. The molecule has 1 aromatic carbocycles. The number of benzene rings is 1. The Hall–Kier alpha value is -3.57. The van der Waals surface area contributed by atoms with E-state index >= 15 is 4.39 Å². The van der Waals surface area contributed by atoms with E-state index < -0.39 is 37.1 Å². The summed E-state index contributed by atoms with van der Waals surface area (Å²) in [7, 11) is 1.23. The number of pyridine rings is 2. The molecule has 0 fully saturated rings. The summed E-state index contributed by atoms with van der Waals surface area (Å²) in [5.74, 6) is -1.02. The molecule has 13 heteroatoms. The van der Waals surface area contributed by atoms with E-state index in [0.717, 1.165) is 10.6 Å². The van der Waals surface area contributed by atoms with Gasteiger partial charge in [-0.3, -0.25) is 4.79 Å². The van der Waals surface area contributed by atoms with Crippen molar-refractivity contribution in [2.75, 3.05) is 31.6 Å². The van der Waals surface area contributed by atoms with E-state index in [4.69, 9.17) is 27.9 Å². The van der Waals surface area contributed by atoms with Crippen LogP contribution < -0.4 is 9.64 Å². The van der Waals surface area contributed by atoms with Gasteiger partial charge in [0.1, 0.15) is 29.9 Å². The largest absolute Gasteiger partial charge is 0.481 e. The second kappa shape index (κ2) is 10.5. The lowest BCUT2D eigenvalue weighted by Gasteiger charge is -2.36. The number of anilines is 1. The topological polar surface area (TPSA) is 63.0 Å². The number of carbonyl (C=O) groups excluding carboxylic acids is 1. The number of aromatic nitrogens is 3. The standard InChI is InChI=1S/C26H21Cl2F4N5O2/c1-35(14-26(30,31)32)20-8-7-19(25(28)34-20)39-13-22(38)37-11-9-18-24(36-10-3-2-4-21(36)33-18)23(37)16-6-5-15(27)12-17(16)29/h2-8,10,12,23H,9,11,13-14H2,1H3. The number of alkyl halides is 3. The van der Waals surface area contributed by atoms with Crippen LogP contribution in [0, 0.1) is 5.82 Å². The van der Waals surface area contributed by atoms with E-state index in [0.29, 0.717) is 17.8 Å². The zero-order valence-electron chi connectivity index (χ0n) is 20.4. The molecular weight excluding hydrogens is 561 g/mol. The van der Waals surface area contributed by atoms with Crippen molar-refractivity contribution in [3.8, 4) is 5.75 Å². The van der Waals surface area contributed by atoms with E-state index in [-0.39, 0.29) is 33.9 Å². The number of halogens is 6. The molecule has 1 amide bonds. The number of imidazole rings is 1. The molecule has 0 saturated heterocycles. The van der Waals surface area contributed by atoms with Crippen LogP contribution in [0.3, 0.4) is 0 Å². The number of amides is 1. The van der Waals surface area contributed by atoms with Gasteiger partial charge in [-0.15, -0.1) is 0 Å². The van der Waals surface area contributed by atoms with Crippen LogP contribution in [0.25, 0.3) is 5.65 Å². The maximum Gasteiger partial charge on any atom is 0.405 e. The summed E-state index contributed by atoms with van der Waals surface area (Å²) in [5.41, 5.74) is 2.32. The molecule has 0 radical (unpaired) electrons. The summed E-state index contributed by atoms with van der Waals surface area (Å²) in [6, 6.07) is 11.6. The average molecular weight is 582 g/mol. The number of carbonyl (C=O) groups is 1. The summed E-state index contributed by atoms with van der Waals surface area (Å²) < 4.78 is 60.8. The van der Waals surface area contributed by atoms with Crippen molar-refractivity contribution >= 4 is 40.6 Å². The maximum atomic E-state index is 15.2. The molecule has 1 atom stereocenters. The molecule has 0 aliphatic carbocycles. The fraction of sp³-hybridized carbons (Fsp3) is 0.269. The molecule has 39 heavy (non-hydrogen) atoms. The lowest BCUT2D eigenvalue weighted by Crippen LogP contribution is -2.43. The van der Waals surface area contributed by atoms with Gasteiger partial charge < -0.3 is 18.9 Å². The average Bonchev–Trinajstić information content (AvgIpc) is 3.25. The molecule has 1 aliphatic rings. The summed E-state index contributed by atoms with van der Waals surface area (Å²) in [6.07, 6.45) is -2.17. The highest BCUT2D eigenvalue weighted by Crippen LogP contribution is 2.38. The predicted octanol–water partition coefficient (Wildman–Crippen LogP) is 5.73. The number of nitrogens with zero attached hydrogens (tertiary/aromatic N) is 5. The first-order chi connectivity index (χ1) is 18.5. The first kappa shape index (κ1) is 27.0. The van der Waals surface area contributed by atoms with Crippen LogP contribution in [0.2, 0.25) is 10.2 Å². The fourth-order valence-corrected chi connectivity index (χ4v) is 5.01. The number of hydrogen-bond donors (Lipinski definition) is 0. The second-order valence-electron chi connectivity index (χ2n) is 9.00. The smallest absolute Gasteiger partial charge is 0.405 e. The normalized spacial score (nSPS) is 15.4. The zero-order chi connectivity index (χ0) is 27.9. The van der Waals surface area contributed by atoms with E-state index in [1.807, 2.05) is 22.6 Å². The molecule has 0 saturated carbocycles. The van der Waals surface area contributed by atoms with E-state index in [2.05, 4.69) is 9.97 Å². The molecule has 0 spiro atoms. The lowest BCUT2D eigenvalue weighted by molar-refractivity contribution is -0.135. The molecule has 4 heterocycles. The van der Waals surface area contributed by atoms with Gasteiger partial charge in [0.15, 0.2) is 17.5 Å². The van der Waals surface area contributed by atoms with Gasteiger partial charge in [-0.2, -0.15) is 13.2 Å². The van der Waals surface area contributed by atoms with E-state index in [1.54, 1.807) is 12.3 Å². The predicted molar refractivity (Wildman–Crippen MR) is 138 cm³/mol. The Balaban J connectivity index is 1.41. The molecule has 204 valence electrons. The summed E-state index contributed by atoms with van der Waals surface area (Å²) in [6.45, 7) is -1.42. The van der Waals surface area contributed by atoms with Crippen LogP contribution in [0.15, 0.2) is 54.7 Å². The van der Waals surface area contributed by atoms with Crippen LogP contribution in [-0.4, -0.2) is 58.1 Å². The molecule has 0 bridgehead atoms. The zero-order valence-corrected chi connectivity index (χ0v) is 21.9. The van der Waals surface area contributed by atoms with Gasteiger partial charge in [0.2, 0.25) is 0 Å². The van der Waals surface area contributed by atoms with Gasteiger partial charge in [0.25, 0.3) is 5.91 Å². The number of rotatable bonds is 6. The van der Waals surface area contributed by atoms with Gasteiger partial charge in [-0.05, 0) is 36.4 Å². The van der Waals surface area contributed by atoms with Crippen molar-refractivity contribution in [1.29, 1.82) is 0 Å². The third kappa shape index (κ3) is 5.60. The molecule has 1 aliphatic heterocycles. The Morgan fingerprint density at radius 2 is 1.95 bits per heavy atom. The Kier molecular flexibility index (Phi) is 7.30. The van der Waals surface area contributed by atoms with Crippen molar-refractivity contribution in [2.45, 2.75) is 18.6 Å². The van der Waals surface area contributed by atoms with Crippen LogP contribution in [-0.2, 0) is 11.2 Å². The summed E-state index contributed by atoms with van der Waals surface area (Å²) in [5, 5.41) is 0.0236. The third-order valence-electron chi connectivity index (χ3n) is 6.34. The molecule has 7 nitrogen and oxygen atoms in total. The molecular formula is C26H21Cl2F4N5O2. The SMILES string of the molecule is CN(CC(F)(F)F)c1ccc(OCC(=O)N2CCc3nc4ccccn4c3C2c2ccc(Cl)cc2F)c(Cl)n1. The second-order valence-corrected chi connectivity index (χ2v) is 9.79. The van der Waals surface area contributed by atoms with Crippen molar-refractivity contribution in [3.63, 3.8) is 0 Å². The molecule has 4 aromatic rings. The molecule has 5 rings (SSSR count). The quantitative estimate of drug-likeness (QED) is 0.215. The van der Waals surface area contributed by atoms with Crippen molar-refractivity contribution in [2.24, 2.45) is 0 Å². The van der Waals surface area contributed by atoms with Gasteiger partial charge in [0.05, 0.1) is 11.4 Å². The van der Waals surface area contributed by atoms with Crippen LogP contribution in [0.5, 0.6) is 5.75 Å². The maximum absolute atomic E-state index is 15.2. The number of fused-ring (bicyclic) bond motifs is 3. The monoisotopic (exact) mass is 581 g/mol. The number of hydrogen-bond acceptors (Lipinski definition) is 5. The minimum absolute atomic E-state index is 0.00884. The highest BCUT2D eigenvalue weighted by atomic mass is 35.5. The van der Waals surface area contributed by atoms with Crippen LogP contribution in [0.4, 0.5) is 23.4 Å². The molecule has 1 unspecified atom stereocenters. The van der Waals surface area contributed by atoms with Crippen molar-refractivity contribution in [1.82, 2.24) is 19.3 Å². The summed E-state index contributed by atoms with van der Waals surface area (Å²) in [4.78, 5) is 24.5. The molecule has 3 aromatic heterocycles. The Morgan fingerprint density at radius 1 is 1.15 bits per heavy atom. The van der Waals surface area contributed by atoms with Gasteiger partial charge in [-0.25, -0.2) is 14.4 Å². The first-order valence-electron chi connectivity index (χ1n) is 11.8. The fourth-order valence-electron chi connectivity index (χ4n) is 4.65. The minimum Gasteiger partial charge on any atom is -0.481 e.